The van der Waals surface area contributed by atoms with E-state index in [0.717, 1.165) is 11.9 Å². The molecule has 2 atom stereocenters. The zero-order valence-corrected chi connectivity index (χ0v) is 22.5. The largest absolute Gasteiger partial charge is 0.495 e. The highest BCUT2D eigenvalue weighted by atomic mass is 32.2. The molecule has 1 aliphatic heterocycles. The van der Waals surface area contributed by atoms with Crippen LogP contribution >= 0.6 is 12.2 Å². The molecule has 0 amide bonds. The molecule has 5 rings (SSSR count). The molecule has 2 aromatic heterocycles. The van der Waals surface area contributed by atoms with Gasteiger partial charge >= 0.3 is 5.97 Å². The fourth-order valence-electron chi connectivity index (χ4n) is 4.49. The number of aromatic carboxylic acids is 1. The van der Waals surface area contributed by atoms with Gasteiger partial charge in [0.05, 0.1) is 36.4 Å². The third-order valence-corrected chi connectivity index (χ3v) is 7.09. The Kier molecular flexibility index (Phi) is 6.98. The van der Waals surface area contributed by atoms with Gasteiger partial charge in [-0.05, 0) is 66.8 Å². The number of thiocarbonyl (C=S) groups is 1. The summed E-state index contributed by atoms with van der Waals surface area (Å²) in [5.41, 5.74) is 2.49. The summed E-state index contributed by atoms with van der Waals surface area (Å²) in [6, 6.07) is 19.9. The average Bonchev–Trinajstić information content (AvgIpc) is 3.53. The lowest BCUT2D eigenvalue weighted by atomic mass is 10.0. The number of aromatic nitrogens is 1. The van der Waals surface area contributed by atoms with Crippen molar-refractivity contribution >= 4 is 44.7 Å². The summed E-state index contributed by atoms with van der Waals surface area (Å²) in [6.07, 6.45) is 2.76. The summed E-state index contributed by atoms with van der Waals surface area (Å²) in [7, 11) is -2.12. The van der Waals surface area contributed by atoms with E-state index in [1.54, 1.807) is 36.5 Å². The van der Waals surface area contributed by atoms with Gasteiger partial charge in [0, 0.05) is 17.4 Å². The Labute approximate surface area is 230 Å². The first-order valence-corrected chi connectivity index (χ1v) is 14.0. The van der Waals surface area contributed by atoms with E-state index in [4.69, 9.17) is 21.4 Å². The molecular formula is C27H24N4O6S2. The lowest BCUT2D eigenvalue weighted by Crippen LogP contribution is -2.29. The third kappa shape index (κ3) is 5.42. The van der Waals surface area contributed by atoms with Crippen molar-refractivity contribution in [2.24, 2.45) is 0 Å². The number of sulfonamides is 1. The highest BCUT2D eigenvalue weighted by Crippen LogP contribution is 2.44. The molecule has 1 saturated heterocycles. The number of methoxy groups -OCH3 is 1. The first-order valence-electron chi connectivity index (χ1n) is 11.7. The van der Waals surface area contributed by atoms with Crippen molar-refractivity contribution in [3.63, 3.8) is 0 Å². The minimum absolute atomic E-state index is 0.176. The molecule has 2 aromatic carbocycles. The summed E-state index contributed by atoms with van der Waals surface area (Å²) in [4.78, 5) is 17.6. The Morgan fingerprint density at radius 2 is 1.90 bits per heavy atom. The van der Waals surface area contributed by atoms with Crippen LogP contribution in [-0.4, -0.2) is 43.0 Å². The first kappa shape index (κ1) is 26.2. The zero-order chi connectivity index (χ0) is 27.7. The van der Waals surface area contributed by atoms with Crippen LogP contribution in [-0.2, 0) is 10.0 Å². The summed E-state index contributed by atoms with van der Waals surface area (Å²) in [5.74, 6) is 0.466. The van der Waals surface area contributed by atoms with E-state index >= 15 is 0 Å². The highest BCUT2D eigenvalue weighted by Gasteiger charge is 2.42. The monoisotopic (exact) mass is 564 g/mol. The van der Waals surface area contributed by atoms with Crippen LogP contribution in [0.15, 0.2) is 83.4 Å². The number of carbonyl (C=O) groups is 1. The second-order valence-corrected chi connectivity index (χ2v) is 11.0. The van der Waals surface area contributed by atoms with E-state index in [0.29, 0.717) is 33.6 Å². The highest BCUT2D eigenvalue weighted by molar-refractivity contribution is 7.92. The van der Waals surface area contributed by atoms with Crippen LogP contribution in [0.3, 0.4) is 0 Å². The van der Waals surface area contributed by atoms with Gasteiger partial charge in [-0.3, -0.25) is 9.71 Å². The Morgan fingerprint density at radius 3 is 2.54 bits per heavy atom. The third-order valence-electron chi connectivity index (χ3n) is 6.19. The number of benzene rings is 2. The minimum atomic E-state index is -3.58. The van der Waals surface area contributed by atoms with Crippen LogP contribution in [0.2, 0.25) is 0 Å². The number of furan rings is 1. The van der Waals surface area contributed by atoms with Crippen molar-refractivity contribution < 1.29 is 27.5 Å². The molecule has 0 saturated carbocycles. The first-order chi connectivity index (χ1) is 18.6. The average molecular weight is 565 g/mol. The standard InChI is InChI=1S/C27H24N4O6S2/c1-36-22-11-10-18(15-20(22)30-39(2,34)35)31-25(24(29-27(31)38)19-5-3-4-14-28-19)23-13-12-21(37-23)16-6-8-17(9-7-16)26(32)33/h3-15,24-25,30H,1-2H3,(H,29,38)(H,32,33)/t24-,25-/m0/s1. The number of carboxylic acids is 1. The van der Waals surface area contributed by atoms with Crippen LogP contribution in [0.4, 0.5) is 11.4 Å². The Hall–Kier alpha value is -4.42. The van der Waals surface area contributed by atoms with Crippen molar-refractivity contribution in [2.45, 2.75) is 12.1 Å². The molecule has 3 N–H and O–H groups in total. The van der Waals surface area contributed by atoms with Crippen LogP contribution in [0.1, 0.15) is 33.9 Å². The number of hydrogen-bond donors (Lipinski definition) is 3. The summed E-state index contributed by atoms with van der Waals surface area (Å²) in [5, 5.41) is 12.9. The van der Waals surface area contributed by atoms with Crippen molar-refractivity contribution in [2.75, 3.05) is 23.0 Å². The predicted molar refractivity (Wildman–Crippen MR) is 150 cm³/mol. The maximum Gasteiger partial charge on any atom is 0.335 e. The summed E-state index contributed by atoms with van der Waals surface area (Å²) >= 11 is 5.75. The van der Waals surface area contributed by atoms with Gasteiger partial charge in [-0.25, -0.2) is 13.2 Å². The fourth-order valence-corrected chi connectivity index (χ4v) is 5.40. The van der Waals surface area contributed by atoms with E-state index < -0.39 is 22.0 Å². The van der Waals surface area contributed by atoms with E-state index in [-0.39, 0.29) is 17.3 Å². The van der Waals surface area contributed by atoms with E-state index in [2.05, 4.69) is 15.0 Å². The van der Waals surface area contributed by atoms with Crippen molar-refractivity contribution in [1.82, 2.24) is 10.3 Å². The van der Waals surface area contributed by atoms with Crippen LogP contribution in [0, 0.1) is 0 Å². The van der Waals surface area contributed by atoms with Crippen LogP contribution < -0.4 is 19.7 Å². The molecule has 1 fully saturated rings. The maximum atomic E-state index is 12.0. The second-order valence-electron chi connectivity index (χ2n) is 8.84. The van der Waals surface area contributed by atoms with Gasteiger partial charge in [-0.2, -0.15) is 0 Å². The molecular weight excluding hydrogens is 540 g/mol. The number of carboxylic acid groups (broad SMARTS) is 1. The molecule has 200 valence electrons. The van der Waals surface area contributed by atoms with Crippen molar-refractivity contribution in [1.29, 1.82) is 0 Å². The lowest BCUT2D eigenvalue weighted by molar-refractivity contribution is 0.0697. The van der Waals surface area contributed by atoms with E-state index in [1.165, 1.54) is 19.2 Å². The molecule has 4 aromatic rings. The van der Waals surface area contributed by atoms with Gasteiger partial charge < -0.3 is 24.5 Å². The molecule has 0 aliphatic carbocycles. The summed E-state index contributed by atoms with van der Waals surface area (Å²) in [6.45, 7) is 0. The SMILES string of the molecule is COc1ccc(N2C(=S)N[C@@H](c3ccccn3)[C@@H]2c2ccc(-c3ccc(C(=O)O)cc3)o2)cc1NS(C)(=O)=O. The Morgan fingerprint density at radius 1 is 1.13 bits per heavy atom. The van der Waals surface area contributed by atoms with Crippen molar-refractivity contribution in [3.05, 3.63) is 96.0 Å². The molecule has 0 radical (unpaired) electrons. The molecule has 12 heteroatoms. The van der Waals surface area contributed by atoms with E-state index in [1.807, 2.05) is 35.2 Å². The summed E-state index contributed by atoms with van der Waals surface area (Å²) < 4.78 is 38.2. The fraction of sp³-hybridized carbons (Fsp3) is 0.148. The minimum Gasteiger partial charge on any atom is -0.495 e. The van der Waals surface area contributed by atoms with Gasteiger partial charge in [0.1, 0.15) is 23.3 Å². The smallest absolute Gasteiger partial charge is 0.335 e. The topological polar surface area (TPSA) is 134 Å². The number of pyridine rings is 1. The second kappa shape index (κ2) is 10.4. The molecule has 1 aliphatic rings. The number of nitrogens with one attached hydrogen (secondary N) is 2. The van der Waals surface area contributed by atoms with Gasteiger partial charge in [0.15, 0.2) is 5.11 Å². The molecule has 10 nitrogen and oxygen atoms in total. The van der Waals surface area contributed by atoms with Crippen LogP contribution in [0.25, 0.3) is 11.3 Å². The van der Waals surface area contributed by atoms with Crippen molar-refractivity contribution in [3.8, 4) is 17.1 Å². The lowest BCUT2D eigenvalue weighted by Gasteiger charge is -2.27. The number of ether oxygens (including phenoxy) is 1. The van der Waals surface area contributed by atoms with Crippen LogP contribution in [0.5, 0.6) is 5.75 Å². The van der Waals surface area contributed by atoms with E-state index in [9.17, 15) is 18.3 Å². The predicted octanol–water partition coefficient (Wildman–Crippen LogP) is 4.60. The molecule has 39 heavy (non-hydrogen) atoms. The zero-order valence-electron chi connectivity index (χ0n) is 20.9. The normalized spacial score (nSPS) is 17.1. The van der Waals surface area contributed by atoms with Gasteiger partial charge in [0.25, 0.3) is 0 Å². The van der Waals surface area contributed by atoms with Gasteiger partial charge in [0.2, 0.25) is 10.0 Å². The Balaban J connectivity index is 1.59. The molecule has 0 unspecified atom stereocenters. The maximum absolute atomic E-state index is 12.0. The molecule has 0 spiro atoms. The number of hydrogen-bond acceptors (Lipinski definition) is 7. The molecule has 0 bridgehead atoms. The quantitative estimate of drug-likeness (QED) is 0.261. The molecule has 3 heterocycles. The number of anilines is 2. The Bertz CT molecular complexity index is 1640. The van der Waals surface area contributed by atoms with Gasteiger partial charge in [-0.1, -0.05) is 18.2 Å². The number of rotatable bonds is 8. The van der Waals surface area contributed by atoms with Gasteiger partial charge in [-0.15, -0.1) is 0 Å². The number of nitrogens with zero attached hydrogens (tertiary/aromatic N) is 2.